The molecule has 1 N–H and O–H groups in total. The minimum absolute atomic E-state index is 0.117. The maximum Gasteiger partial charge on any atom is 0.326 e. The van der Waals surface area contributed by atoms with Crippen LogP contribution in [0.5, 0.6) is 0 Å². The van der Waals surface area contributed by atoms with Gasteiger partial charge in [-0.1, -0.05) is 29.3 Å². The molecule has 1 aromatic carbocycles. The number of carboxylic acid groups (broad SMARTS) is 1. The zero-order valence-corrected chi connectivity index (χ0v) is 10.8. The Morgan fingerprint density at radius 3 is 2.18 bits per heavy atom. The Labute approximate surface area is 109 Å². The fourth-order valence-electron chi connectivity index (χ4n) is 1.22. The van der Waals surface area contributed by atoms with Crippen LogP contribution in [0.25, 0.3) is 0 Å². The smallest absolute Gasteiger partial charge is 0.326 e. The predicted molar refractivity (Wildman–Crippen MR) is 65.7 cm³/mol. The van der Waals surface area contributed by atoms with Crippen LogP contribution >= 0.6 is 23.2 Å². The zero-order valence-electron chi connectivity index (χ0n) is 9.28. The molecule has 1 amide bonds. The second-order valence-corrected chi connectivity index (χ2v) is 4.34. The van der Waals surface area contributed by atoms with E-state index < -0.39 is 17.9 Å². The molecule has 17 heavy (non-hydrogen) atoms. The summed E-state index contributed by atoms with van der Waals surface area (Å²) >= 11 is 11.7. The van der Waals surface area contributed by atoms with E-state index in [-0.39, 0.29) is 15.6 Å². The van der Waals surface area contributed by atoms with Crippen molar-refractivity contribution in [2.24, 2.45) is 0 Å². The number of benzene rings is 1. The molecule has 0 aliphatic rings. The molecule has 0 fully saturated rings. The molecule has 1 unspecified atom stereocenters. The van der Waals surface area contributed by atoms with Crippen molar-refractivity contribution in [2.45, 2.75) is 13.0 Å². The lowest BCUT2D eigenvalue weighted by Gasteiger charge is -2.22. The fourth-order valence-corrected chi connectivity index (χ4v) is 1.78. The Kier molecular flexibility index (Phi) is 4.37. The number of carbonyl (C=O) groups is 2. The van der Waals surface area contributed by atoms with Gasteiger partial charge in [0.1, 0.15) is 6.04 Å². The SMILES string of the molecule is CC(C(=O)O)N(C)C(=O)c1c(Cl)cccc1Cl. The number of hydrogen-bond donors (Lipinski definition) is 1. The van der Waals surface area contributed by atoms with Crippen LogP contribution in [0.1, 0.15) is 17.3 Å². The molecular formula is C11H11Cl2NO3. The summed E-state index contributed by atoms with van der Waals surface area (Å²) in [5, 5.41) is 9.23. The summed E-state index contributed by atoms with van der Waals surface area (Å²) in [6.45, 7) is 1.41. The number of carbonyl (C=O) groups excluding carboxylic acids is 1. The molecule has 0 aliphatic carbocycles. The summed E-state index contributed by atoms with van der Waals surface area (Å²) in [5.41, 5.74) is 0.117. The first-order chi connectivity index (χ1) is 7.86. The maximum absolute atomic E-state index is 12.0. The van der Waals surface area contributed by atoms with E-state index in [1.807, 2.05) is 0 Å². The highest BCUT2D eigenvalue weighted by Gasteiger charge is 2.25. The second-order valence-electron chi connectivity index (χ2n) is 3.53. The van der Waals surface area contributed by atoms with Crippen LogP contribution in [0.15, 0.2) is 18.2 Å². The van der Waals surface area contributed by atoms with Crippen molar-refractivity contribution in [3.63, 3.8) is 0 Å². The van der Waals surface area contributed by atoms with Gasteiger partial charge in [0.2, 0.25) is 0 Å². The molecule has 0 heterocycles. The fraction of sp³-hybridized carbons (Fsp3) is 0.273. The Balaban J connectivity index is 3.09. The van der Waals surface area contributed by atoms with Crippen LogP contribution in [0.4, 0.5) is 0 Å². The second kappa shape index (κ2) is 5.38. The lowest BCUT2D eigenvalue weighted by atomic mass is 10.1. The highest BCUT2D eigenvalue weighted by molar-refractivity contribution is 6.39. The third-order valence-corrected chi connectivity index (χ3v) is 3.07. The topological polar surface area (TPSA) is 57.6 Å². The van der Waals surface area contributed by atoms with Gasteiger partial charge in [0, 0.05) is 7.05 Å². The quantitative estimate of drug-likeness (QED) is 0.922. The van der Waals surface area contributed by atoms with Crippen molar-refractivity contribution >= 4 is 35.1 Å². The Hall–Kier alpha value is -1.26. The summed E-state index contributed by atoms with van der Waals surface area (Å²) in [4.78, 5) is 23.9. The van der Waals surface area contributed by atoms with E-state index in [2.05, 4.69) is 0 Å². The van der Waals surface area contributed by atoms with Gasteiger partial charge in [0.15, 0.2) is 0 Å². The third kappa shape index (κ3) is 2.90. The molecule has 0 saturated carbocycles. The summed E-state index contributed by atoms with van der Waals surface area (Å²) < 4.78 is 0. The van der Waals surface area contributed by atoms with Crippen LogP contribution in [0, 0.1) is 0 Å². The van der Waals surface area contributed by atoms with Gasteiger partial charge in [-0.25, -0.2) is 4.79 Å². The molecule has 1 atom stereocenters. The molecule has 1 aromatic rings. The van der Waals surface area contributed by atoms with Gasteiger partial charge in [-0.2, -0.15) is 0 Å². The summed E-state index contributed by atoms with van der Waals surface area (Å²) in [6, 6.07) is 3.72. The number of likely N-dealkylation sites (N-methyl/N-ethyl adjacent to an activating group) is 1. The molecule has 0 spiro atoms. The molecular weight excluding hydrogens is 265 g/mol. The highest BCUT2D eigenvalue weighted by atomic mass is 35.5. The number of hydrogen-bond acceptors (Lipinski definition) is 2. The Morgan fingerprint density at radius 2 is 1.76 bits per heavy atom. The van der Waals surface area contributed by atoms with Gasteiger partial charge in [0.05, 0.1) is 15.6 Å². The first-order valence-corrected chi connectivity index (χ1v) is 5.55. The predicted octanol–water partition coefficient (Wildman–Crippen LogP) is 2.54. The Morgan fingerprint density at radius 1 is 1.29 bits per heavy atom. The number of carboxylic acids is 1. The van der Waals surface area contributed by atoms with Crippen LogP contribution in [0.2, 0.25) is 10.0 Å². The monoisotopic (exact) mass is 275 g/mol. The Bertz CT molecular complexity index is 442. The number of nitrogens with zero attached hydrogens (tertiary/aromatic N) is 1. The van der Waals surface area contributed by atoms with Crippen molar-refractivity contribution in [3.8, 4) is 0 Å². The van der Waals surface area contributed by atoms with Crippen LogP contribution in [-0.4, -0.2) is 35.0 Å². The van der Waals surface area contributed by atoms with Crippen molar-refractivity contribution in [1.29, 1.82) is 0 Å². The van der Waals surface area contributed by atoms with Crippen LogP contribution < -0.4 is 0 Å². The van der Waals surface area contributed by atoms with Crippen molar-refractivity contribution in [1.82, 2.24) is 4.90 Å². The van der Waals surface area contributed by atoms with E-state index in [0.717, 1.165) is 4.90 Å². The first kappa shape index (κ1) is 13.8. The average Bonchev–Trinajstić information content (AvgIpc) is 2.26. The van der Waals surface area contributed by atoms with E-state index in [1.165, 1.54) is 26.1 Å². The van der Waals surface area contributed by atoms with Gasteiger partial charge < -0.3 is 10.0 Å². The van der Waals surface area contributed by atoms with Gasteiger partial charge >= 0.3 is 5.97 Å². The minimum Gasteiger partial charge on any atom is -0.480 e. The number of halogens is 2. The molecule has 0 aromatic heterocycles. The molecule has 1 rings (SSSR count). The van der Waals surface area contributed by atoms with Gasteiger partial charge in [0.25, 0.3) is 5.91 Å². The van der Waals surface area contributed by atoms with E-state index >= 15 is 0 Å². The molecule has 4 nitrogen and oxygen atoms in total. The lowest BCUT2D eigenvalue weighted by Crippen LogP contribution is -2.40. The zero-order chi connectivity index (χ0) is 13.2. The molecule has 0 radical (unpaired) electrons. The molecule has 0 saturated heterocycles. The van der Waals surface area contributed by atoms with E-state index in [0.29, 0.717) is 0 Å². The van der Waals surface area contributed by atoms with Gasteiger partial charge in [-0.05, 0) is 19.1 Å². The van der Waals surface area contributed by atoms with Gasteiger partial charge in [-0.3, -0.25) is 4.79 Å². The molecule has 0 aliphatic heterocycles. The van der Waals surface area contributed by atoms with E-state index in [1.54, 1.807) is 6.07 Å². The van der Waals surface area contributed by atoms with Crippen LogP contribution in [-0.2, 0) is 4.79 Å². The molecule has 0 bridgehead atoms. The first-order valence-electron chi connectivity index (χ1n) is 4.80. The summed E-state index contributed by atoms with van der Waals surface area (Å²) in [7, 11) is 1.39. The summed E-state index contributed by atoms with van der Waals surface area (Å²) in [6.07, 6.45) is 0. The van der Waals surface area contributed by atoms with Crippen LogP contribution in [0.3, 0.4) is 0 Å². The average molecular weight is 276 g/mol. The van der Waals surface area contributed by atoms with Crippen molar-refractivity contribution < 1.29 is 14.7 Å². The normalized spacial score (nSPS) is 12.0. The van der Waals surface area contributed by atoms with Crippen molar-refractivity contribution in [3.05, 3.63) is 33.8 Å². The van der Waals surface area contributed by atoms with Crippen molar-refractivity contribution in [2.75, 3.05) is 7.05 Å². The molecule has 6 heteroatoms. The summed E-state index contributed by atoms with van der Waals surface area (Å²) in [5.74, 6) is -1.61. The highest BCUT2D eigenvalue weighted by Crippen LogP contribution is 2.25. The van der Waals surface area contributed by atoms with Gasteiger partial charge in [-0.15, -0.1) is 0 Å². The number of rotatable bonds is 3. The minimum atomic E-state index is -1.09. The van der Waals surface area contributed by atoms with E-state index in [9.17, 15) is 9.59 Å². The third-order valence-electron chi connectivity index (χ3n) is 2.44. The number of amides is 1. The lowest BCUT2D eigenvalue weighted by molar-refractivity contribution is -0.141. The standard InChI is InChI=1S/C11H11Cl2NO3/c1-6(11(16)17)14(2)10(15)9-7(12)4-3-5-8(9)13/h3-6H,1-2H3,(H,16,17). The largest absolute Gasteiger partial charge is 0.480 e. The molecule has 92 valence electrons. The maximum atomic E-state index is 12.0. The number of aliphatic carboxylic acids is 1. The van der Waals surface area contributed by atoms with E-state index in [4.69, 9.17) is 28.3 Å².